The molecule has 1 saturated heterocycles. The highest BCUT2D eigenvalue weighted by molar-refractivity contribution is 7.91. The van der Waals surface area contributed by atoms with Crippen LogP contribution in [0.2, 0.25) is 0 Å². The van der Waals surface area contributed by atoms with Crippen molar-refractivity contribution in [2.75, 3.05) is 42.7 Å². The summed E-state index contributed by atoms with van der Waals surface area (Å²) in [5.74, 6) is 0.271. The second-order valence-corrected chi connectivity index (χ2v) is 7.36. The van der Waals surface area contributed by atoms with Crippen molar-refractivity contribution in [3.63, 3.8) is 0 Å². The molecule has 21 heavy (non-hydrogen) atoms. The van der Waals surface area contributed by atoms with Gasteiger partial charge in [-0.3, -0.25) is 15.0 Å². The van der Waals surface area contributed by atoms with Crippen LogP contribution < -0.4 is 4.90 Å². The summed E-state index contributed by atoms with van der Waals surface area (Å²) >= 11 is 0. The quantitative estimate of drug-likeness (QED) is 0.598. The number of hydrogen-bond donors (Lipinski definition) is 0. The van der Waals surface area contributed by atoms with Crippen molar-refractivity contribution in [3.8, 4) is 0 Å². The molecule has 1 aliphatic rings. The Balaban J connectivity index is 1.93. The van der Waals surface area contributed by atoms with Gasteiger partial charge in [0, 0.05) is 49.8 Å². The summed E-state index contributed by atoms with van der Waals surface area (Å²) in [4.78, 5) is 14.2. The molecular formula is C13H19N3O4S. The van der Waals surface area contributed by atoms with Gasteiger partial charge in [-0.15, -0.1) is 0 Å². The largest absolute Gasteiger partial charge is 0.369 e. The third-order valence-corrected chi connectivity index (χ3v) is 5.26. The fourth-order valence-corrected chi connectivity index (χ4v) is 3.29. The summed E-state index contributed by atoms with van der Waals surface area (Å²) in [6.07, 6.45) is 0. The zero-order valence-corrected chi connectivity index (χ0v) is 12.8. The first-order valence-corrected chi connectivity index (χ1v) is 8.65. The van der Waals surface area contributed by atoms with Gasteiger partial charge in [-0.1, -0.05) is 6.92 Å². The van der Waals surface area contributed by atoms with Crippen LogP contribution in [0.3, 0.4) is 0 Å². The number of piperazine rings is 1. The first-order valence-electron chi connectivity index (χ1n) is 6.83. The lowest BCUT2D eigenvalue weighted by molar-refractivity contribution is -0.384. The molecule has 7 nitrogen and oxygen atoms in total. The van der Waals surface area contributed by atoms with Gasteiger partial charge in [0.2, 0.25) is 0 Å². The zero-order chi connectivity index (χ0) is 15.5. The number of non-ortho nitro benzene ring substituents is 1. The fraction of sp³-hybridized carbons (Fsp3) is 0.538. The van der Waals surface area contributed by atoms with E-state index >= 15 is 0 Å². The monoisotopic (exact) mass is 313 g/mol. The van der Waals surface area contributed by atoms with E-state index in [1.807, 2.05) is 4.90 Å². The first kappa shape index (κ1) is 15.7. The molecule has 0 aliphatic carbocycles. The van der Waals surface area contributed by atoms with Crippen LogP contribution in [-0.4, -0.2) is 56.0 Å². The Morgan fingerprint density at radius 3 is 2.19 bits per heavy atom. The van der Waals surface area contributed by atoms with Crippen molar-refractivity contribution in [2.45, 2.75) is 6.92 Å². The Labute approximate surface area is 124 Å². The van der Waals surface area contributed by atoms with Crippen LogP contribution in [0.5, 0.6) is 0 Å². The van der Waals surface area contributed by atoms with Crippen molar-refractivity contribution in [2.24, 2.45) is 0 Å². The summed E-state index contributed by atoms with van der Waals surface area (Å²) in [7, 11) is -2.98. The third kappa shape index (κ3) is 4.15. The molecule has 1 aromatic carbocycles. The van der Waals surface area contributed by atoms with Gasteiger partial charge in [0.15, 0.2) is 9.84 Å². The second-order valence-electron chi connectivity index (χ2n) is 5.04. The lowest BCUT2D eigenvalue weighted by Crippen LogP contribution is -2.48. The van der Waals surface area contributed by atoms with Crippen molar-refractivity contribution in [1.29, 1.82) is 0 Å². The van der Waals surface area contributed by atoms with E-state index in [9.17, 15) is 18.5 Å². The van der Waals surface area contributed by atoms with Gasteiger partial charge in [0.1, 0.15) is 5.88 Å². The van der Waals surface area contributed by atoms with Crippen molar-refractivity contribution >= 4 is 21.2 Å². The van der Waals surface area contributed by atoms with Crippen LogP contribution in [-0.2, 0) is 9.84 Å². The zero-order valence-electron chi connectivity index (χ0n) is 11.9. The average Bonchev–Trinajstić information content (AvgIpc) is 2.48. The van der Waals surface area contributed by atoms with Crippen LogP contribution in [0.25, 0.3) is 0 Å². The number of rotatable bonds is 5. The molecule has 1 aliphatic heterocycles. The molecular weight excluding hydrogens is 294 g/mol. The van der Waals surface area contributed by atoms with Gasteiger partial charge >= 0.3 is 0 Å². The summed E-state index contributed by atoms with van der Waals surface area (Å²) < 4.78 is 23.2. The highest BCUT2D eigenvalue weighted by Crippen LogP contribution is 2.20. The van der Waals surface area contributed by atoms with E-state index in [-0.39, 0.29) is 17.3 Å². The molecule has 1 fully saturated rings. The molecule has 0 amide bonds. The number of anilines is 1. The number of nitrogens with zero attached hydrogens (tertiary/aromatic N) is 3. The summed E-state index contributed by atoms with van der Waals surface area (Å²) in [5, 5.41) is 10.6. The second kappa shape index (κ2) is 6.40. The molecule has 1 aromatic rings. The Bertz CT molecular complexity index is 592. The van der Waals surface area contributed by atoms with E-state index in [0.717, 1.165) is 18.8 Å². The summed E-state index contributed by atoms with van der Waals surface area (Å²) in [6, 6.07) is 6.44. The van der Waals surface area contributed by atoms with Crippen LogP contribution >= 0.6 is 0 Å². The Kier molecular flexibility index (Phi) is 4.79. The fourth-order valence-electron chi connectivity index (χ4n) is 2.29. The normalized spacial score (nSPS) is 16.9. The van der Waals surface area contributed by atoms with Crippen LogP contribution in [0.4, 0.5) is 11.4 Å². The average molecular weight is 313 g/mol. The maximum Gasteiger partial charge on any atom is 0.269 e. The molecule has 1 heterocycles. The molecule has 0 bridgehead atoms. The van der Waals surface area contributed by atoms with E-state index in [2.05, 4.69) is 4.90 Å². The van der Waals surface area contributed by atoms with E-state index < -0.39 is 14.8 Å². The molecule has 0 saturated carbocycles. The van der Waals surface area contributed by atoms with Crippen LogP contribution in [0, 0.1) is 10.1 Å². The number of hydrogen-bond acceptors (Lipinski definition) is 6. The molecule has 8 heteroatoms. The van der Waals surface area contributed by atoms with Gasteiger partial charge in [0.25, 0.3) is 5.69 Å². The molecule has 0 unspecified atom stereocenters. The molecule has 0 N–H and O–H groups in total. The summed E-state index contributed by atoms with van der Waals surface area (Å²) in [5.41, 5.74) is 1.00. The van der Waals surface area contributed by atoms with Gasteiger partial charge < -0.3 is 4.90 Å². The van der Waals surface area contributed by atoms with Crippen LogP contribution in [0.1, 0.15) is 6.92 Å². The molecule has 116 valence electrons. The topological polar surface area (TPSA) is 83.8 Å². The predicted octanol–water partition coefficient (Wildman–Crippen LogP) is 1.11. The van der Waals surface area contributed by atoms with Gasteiger partial charge in [-0.25, -0.2) is 8.42 Å². The number of nitro benzene ring substituents is 1. The number of nitro groups is 1. The van der Waals surface area contributed by atoms with E-state index in [0.29, 0.717) is 13.1 Å². The third-order valence-electron chi connectivity index (χ3n) is 3.62. The first-order chi connectivity index (χ1) is 9.91. The minimum absolute atomic E-state index is 0.0754. The highest BCUT2D eigenvalue weighted by Gasteiger charge is 2.21. The summed E-state index contributed by atoms with van der Waals surface area (Å²) in [6.45, 7) is 4.45. The predicted molar refractivity (Wildman–Crippen MR) is 81.2 cm³/mol. The van der Waals surface area contributed by atoms with E-state index in [1.54, 1.807) is 19.1 Å². The van der Waals surface area contributed by atoms with Crippen LogP contribution in [0.15, 0.2) is 24.3 Å². The lowest BCUT2D eigenvalue weighted by atomic mass is 10.2. The SMILES string of the molecule is CCS(=O)(=O)CN1CCN(c2ccc([N+](=O)[O-])cc2)CC1. The van der Waals surface area contributed by atoms with Gasteiger partial charge in [-0.2, -0.15) is 0 Å². The molecule has 2 rings (SSSR count). The van der Waals surface area contributed by atoms with Crippen molar-refractivity contribution < 1.29 is 13.3 Å². The molecule has 0 atom stereocenters. The van der Waals surface area contributed by atoms with Gasteiger partial charge in [0.05, 0.1) is 4.92 Å². The van der Waals surface area contributed by atoms with Gasteiger partial charge in [-0.05, 0) is 12.1 Å². The minimum Gasteiger partial charge on any atom is -0.369 e. The molecule has 0 radical (unpaired) electrons. The standard InChI is InChI=1S/C13H19N3O4S/c1-2-21(19,20)11-14-7-9-15(10-8-14)12-3-5-13(6-4-12)16(17)18/h3-6H,2,7-11H2,1H3. The minimum atomic E-state index is -2.98. The molecule has 0 spiro atoms. The highest BCUT2D eigenvalue weighted by atomic mass is 32.2. The smallest absolute Gasteiger partial charge is 0.269 e. The molecule has 0 aromatic heterocycles. The maximum atomic E-state index is 11.6. The van der Waals surface area contributed by atoms with Crippen molar-refractivity contribution in [3.05, 3.63) is 34.4 Å². The van der Waals surface area contributed by atoms with Crippen molar-refractivity contribution in [1.82, 2.24) is 4.90 Å². The maximum absolute atomic E-state index is 11.6. The van der Waals surface area contributed by atoms with E-state index in [1.165, 1.54) is 12.1 Å². The number of benzene rings is 1. The Morgan fingerprint density at radius 2 is 1.71 bits per heavy atom. The Morgan fingerprint density at radius 1 is 1.14 bits per heavy atom. The number of sulfone groups is 1. The lowest BCUT2D eigenvalue weighted by Gasteiger charge is -2.35. The Hall–Kier alpha value is -1.67. The van der Waals surface area contributed by atoms with E-state index in [4.69, 9.17) is 0 Å².